The van der Waals surface area contributed by atoms with Crippen LogP contribution < -0.4 is 10.6 Å². The zero-order chi connectivity index (χ0) is 15.1. The molecule has 2 rings (SSSR count). The average molecular weight is 290 g/mol. The van der Waals surface area contributed by atoms with Gasteiger partial charge in [0.15, 0.2) is 5.96 Å². The maximum absolute atomic E-state index is 5.59. The molecular weight excluding hydrogens is 264 g/mol. The first-order chi connectivity index (χ1) is 10.2. The fourth-order valence-electron chi connectivity index (χ4n) is 2.60. The summed E-state index contributed by atoms with van der Waals surface area (Å²) in [5, 5.41) is 6.30. The van der Waals surface area contributed by atoms with Gasteiger partial charge in [-0.2, -0.15) is 0 Å². The molecule has 1 aromatic carbocycles. The third-order valence-electron chi connectivity index (χ3n) is 3.64. The summed E-state index contributed by atoms with van der Waals surface area (Å²) in [5.74, 6) is 0.808. The first-order valence-electron chi connectivity index (χ1n) is 7.51. The Bertz CT molecular complexity index is 475. The Morgan fingerprint density at radius 2 is 2.24 bits per heavy atom. The lowest BCUT2D eigenvalue weighted by Gasteiger charge is -2.31. The summed E-state index contributed by atoms with van der Waals surface area (Å²) >= 11 is 0. The summed E-state index contributed by atoms with van der Waals surface area (Å²) in [6, 6.07) is 8.71. The van der Waals surface area contributed by atoms with E-state index in [1.807, 2.05) is 7.05 Å². The Morgan fingerprint density at radius 3 is 2.95 bits per heavy atom. The highest BCUT2D eigenvalue weighted by molar-refractivity contribution is 5.79. The molecule has 0 bridgehead atoms. The van der Waals surface area contributed by atoms with E-state index < -0.39 is 0 Å². The van der Waals surface area contributed by atoms with Crippen molar-refractivity contribution in [2.45, 2.75) is 26.1 Å². The van der Waals surface area contributed by atoms with Crippen LogP contribution in [0.25, 0.3) is 0 Å². The first kappa shape index (κ1) is 15.8. The molecule has 1 aromatic rings. The number of hydrogen-bond acceptors (Lipinski definition) is 3. The molecule has 1 atom stereocenters. The topological polar surface area (TPSA) is 48.9 Å². The number of rotatable bonds is 4. The number of hydrogen-bond donors (Lipinski definition) is 2. The minimum atomic E-state index is 0.336. The number of nitrogens with one attached hydrogen (secondary N) is 2. The molecule has 5 nitrogen and oxygen atoms in total. The van der Waals surface area contributed by atoms with E-state index in [9.17, 15) is 0 Å². The van der Waals surface area contributed by atoms with Gasteiger partial charge in [-0.05, 0) is 18.1 Å². The van der Waals surface area contributed by atoms with Crippen LogP contribution in [0.4, 0.5) is 0 Å². The van der Waals surface area contributed by atoms with Crippen LogP contribution in [0.1, 0.15) is 18.1 Å². The maximum Gasteiger partial charge on any atom is 0.190 e. The fourth-order valence-corrected chi connectivity index (χ4v) is 2.60. The van der Waals surface area contributed by atoms with Gasteiger partial charge < -0.3 is 15.4 Å². The lowest BCUT2D eigenvalue weighted by molar-refractivity contribution is -0.0212. The lowest BCUT2D eigenvalue weighted by Crippen LogP contribution is -2.40. The molecular formula is C16H26N4O. The van der Waals surface area contributed by atoms with Gasteiger partial charge in [0.25, 0.3) is 0 Å². The highest BCUT2D eigenvalue weighted by Gasteiger charge is 2.16. The number of aliphatic imine (C=N–C) groups is 1. The van der Waals surface area contributed by atoms with Crippen LogP contribution in [0.15, 0.2) is 29.3 Å². The van der Waals surface area contributed by atoms with Crippen molar-refractivity contribution < 1.29 is 4.74 Å². The molecule has 0 amide bonds. The summed E-state index contributed by atoms with van der Waals surface area (Å²) in [4.78, 5) is 6.57. The minimum absolute atomic E-state index is 0.336. The standard InChI is InChI=1S/C16H26N4O/c1-13-11-20(7-8-21-13)12-15-6-4-5-14(9-15)10-19-16(17-2)18-3/h4-6,9,13H,7-8,10-12H2,1-3H3,(H2,17,18,19). The Labute approximate surface area is 127 Å². The second kappa shape index (κ2) is 8.00. The highest BCUT2D eigenvalue weighted by Crippen LogP contribution is 2.12. The SMILES string of the molecule is CN=C(NC)NCc1cccc(CN2CCOC(C)C2)c1. The molecule has 1 fully saturated rings. The fraction of sp³-hybridized carbons (Fsp3) is 0.562. The summed E-state index contributed by atoms with van der Waals surface area (Å²) in [6.45, 7) is 6.76. The molecule has 1 heterocycles. The van der Waals surface area contributed by atoms with Gasteiger partial charge in [-0.25, -0.2) is 0 Å². The zero-order valence-corrected chi connectivity index (χ0v) is 13.2. The minimum Gasteiger partial charge on any atom is -0.376 e. The van der Waals surface area contributed by atoms with Gasteiger partial charge in [0.05, 0.1) is 12.7 Å². The maximum atomic E-state index is 5.59. The Hall–Kier alpha value is -1.59. The van der Waals surface area contributed by atoms with E-state index in [4.69, 9.17) is 4.74 Å². The van der Waals surface area contributed by atoms with Crippen LogP contribution in [0.3, 0.4) is 0 Å². The smallest absolute Gasteiger partial charge is 0.190 e. The van der Waals surface area contributed by atoms with Crippen molar-refractivity contribution in [3.63, 3.8) is 0 Å². The van der Waals surface area contributed by atoms with Crippen LogP contribution >= 0.6 is 0 Å². The van der Waals surface area contributed by atoms with E-state index in [0.717, 1.165) is 38.7 Å². The predicted octanol–water partition coefficient (Wildman–Crippen LogP) is 1.20. The van der Waals surface area contributed by atoms with E-state index in [1.54, 1.807) is 7.05 Å². The molecule has 0 saturated carbocycles. The summed E-state index contributed by atoms with van der Waals surface area (Å²) < 4.78 is 5.59. The second-order valence-corrected chi connectivity index (χ2v) is 5.41. The summed E-state index contributed by atoms with van der Waals surface area (Å²) in [7, 11) is 3.64. The van der Waals surface area contributed by atoms with Crippen molar-refractivity contribution in [2.75, 3.05) is 33.8 Å². The zero-order valence-electron chi connectivity index (χ0n) is 13.2. The van der Waals surface area contributed by atoms with Crippen LogP contribution in [0, 0.1) is 0 Å². The number of ether oxygens (including phenoxy) is 1. The molecule has 1 saturated heterocycles. The van der Waals surface area contributed by atoms with Crippen molar-refractivity contribution in [2.24, 2.45) is 4.99 Å². The molecule has 0 aliphatic carbocycles. The molecule has 21 heavy (non-hydrogen) atoms. The normalized spacial score (nSPS) is 20.3. The quantitative estimate of drug-likeness (QED) is 0.646. The molecule has 1 aliphatic rings. The molecule has 1 aliphatic heterocycles. The van der Waals surface area contributed by atoms with Gasteiger partial charge in [-0.3, -0.25) is 9.89 Å². The van der Waals surface area contributed by atoms with Crippen LogP contribution in [-0.4, -0.2) is 50.8 Å². The van der Waals surface area contributed by atoms with Gasteiger partial charge in [0.1, 0.15) is 0 Å². The molecule has 0 radical (unpaired) electrons. The van der Waals surface area contributed by atoms with Crippen molar-refractivity contribution in [3.05, 3.63) is 35.4 Å². The van der Waals surface area contributed by atoms with Crippen molar-refractivity contribution in [3.8, 4) is 0 Å². The van der Waals surface area contributed by atoms with Crippen molar-refractivity contribution in [1.29, 1.82) is 0 Å². The number of nitrogens with zero attached hydrogens (tertiary/aromatic N) is 2. The molecule has 2 N–H and O–H groups in total. The average Bonchev–Trinajstić information content (AvgIpc) is 2.49. The number of benzene rings is 1. The predicted molar refractivity (Wildman–Crippen MR) is 86.4 cm³/mol. The monoisotopic (exact) mass is 290 g/mol. The van der Waals surface area contributed by atoms with Crippen molar-refractivity contribution >= 4 is 5.96 Å². The van der Waals surface area contributed by atoms with E-state index in [2.05, 4.69) is 51.7 Å². The highest BCUT2D eigenvalue weighted by atomic mass is 16.5. The lowest BCUT2D eigenvalue weighted by atomic mass is 10.1. The van der Waals surface area contributed by atoms with E-state index in [0.29, 0.717) is 6.10 Å². The summed E-state index contributed by atoms with van der Waals surface area (Å²) in [5.41, 5.74) is 2.62. The van der Waals surface area contributed by atoms with Gasteiger partial charge in [0, 0.05) is 40.3 Å². The van der Waals surface area contributed by atoms with Crippen molar-refractivity contribution in [1.82, 2.24) is 15.5 Å². The molecule has 116 valence electrons. The second-order valence-electron chi connectivity index (χ2n) is 5.41. The van der Waals surface area contributed by atoms with Gasteiger partial charge in [0.2, 0.25) is 0 Å². The van der Waals surface area contributed by atoms with Crippen LogP contribution in [0.2, 0.25) is 0 Å². The van der Waals surface area contributed by atoms with Gasteiger partial charge in [-0.1, -0.05) is 24.3 Å². The Kier molecular flexibility index (Phi) is 6.02. The van der Waals surface area contributed by atoms with Gasteiger partial charge >= 0.3 is 0 Å². The van der Waals surface area contributed by atoms with E-state index in [1.165, 1.54) is 11.1 Å². The Morgan fingerprint density at radius 1 is 1.43 bits per heavy atom. The van der Waals surface area contributed by atoms with Gasteiger partial charge in [-0.15, -0.1) is 0 Å². The van der Waals surface area contributed by atoms with Crippen LogP contribution in [0.5, 0.6) is 0 Å². The van der Waals surface area contributed by atoms with E-state index in [-0.39, 0.29) is 0 Å². The largest absolute Gasteiger partial charge is 0.376 e. The number of morpholine rings is 1. The Balaban J connectivity index is 1.91. The molecule has 1 unspecified atom stereocenters. The number of guanidine groups is 1. The summed E-state index contributed by atoms with van der Waals surface area (Å²) in [6.07, 6.45) is 0.336. The van der Waals surface area contributed by atoms with E-state index >= 15 is 0 Å². The first-order valence-corrected chi connectivity index (χ1v) is 7.51. The molecule has 0 aromatic heterocycles. The molecule has 0 spiro atoms. The molecule has 5 heteroatoms. The third-order valence-corrected chi connectivity index (χ3v) is 3.64. The van der Waals surface area contributed by atoms with Crippen LogP contribution in [-0.2, 0) is 17.8 Å². The third kappa shape index (κ3) is 5.02.